The van der Waals surface area contributed by atoms with E-state index in [1.54, 1.807) is 21.3 Å². The average Bonchev–Trinajstić information content (AvgIpc) is 2.71. The number of nitrogens with zero attached hydrogens (tertiary/aromatic N) is 3. The summed E-state index contributed by atoms with van der Waals surface area (Å²) >= 11 is 0. The number of hydrogen-bond donors (Lipinski definition) is 1. The smallest absolute Gasteiger partial charge is 0.193 e. The number of halogens is 1. The number of rotatable bonds is 8. The predicted octanol–water partition coefficient (Wildman–Crippen LogP) is 3.63. The maximum absolute atomic E-state index is 5.55. The molecule has 0 bridgehead atoms. The first-order valence-electron chi connectivity index (χ1n) is 9.34. The largest absolute Gasteiger partial charge is 0.496 e. The molecule has 0 aromatic heterocycles. The lowest BCUT2D eigenvalue weighted by molar-refractivity contribution is 0.285. The molecule has 0 heterocycles. The minimum atomic E-state index is 0. The molecule has 0 radical (unpaired) electrons. The van der Waals surface area contributed by atoms with Gasteiger partial charge in [0.05, 0.1) is 20.3 Å². The fraction of sp³-hybridized carbons (Fsp3) is 0.409. The number of nitrogens with one attached hydrogen (secondary N) is 1. The first-order chi connectivity index (χ1) is 13.5. The molecular weight excluding hydrogens is 479 g/mol. The fourth-order valence-corrected chi connectivity index (χ4v) is 3.25. The molecular formula is C22H33IN4O2. The molecule has 1 atom stereocenters. The third-order valence-corrected chi connectivity index (χ3v) is 4.75. The van der Waals surface area contributed by atoms with Crippen LogP contribution in [0.2, 0.25) is 0 Å². The zero-order chi connectivity index (χ0) is 20.5. The Bertz CT molecular complexity index is 783. The fourth-order valence-electron chi connectivity index (χ4n) is 3.25. The summed E-state index contributed by atoms with van der Waals surface area (Å²) in [6.45, 7) is 1.40. The molecule has 0 aliphatic heterocycles. The van der Waals surface area contributed by atoms with Crippen molar-refractivity contribution in [3.05, 3.63) is 59.7 Å². The van der Waals surface area contributed by atoms with E-state index < -0.39 is 0 Å². The lowest BCUT2D eigenvalue weighted by Crippen LogP contribution is -2.42. The van der Waals surface area contributed by atoms with Gasteiger partial charge in [-0.3, -0.25) is 4.99 Å². The van der Waals surface area contributed by atoms with Gasteiger partial charge in [-0.1, -0.05) is 36.4 Å². The van der Waals surface area contributed by atoms with Crippen molar-refractivity contribution in [2.24, 2.45) is 4.99 Å². The molecule has 160 valence electrons. The van der Waals surface area contributed by atoms with E-state index in [0.717, 1.165) is 28.6 Å². The van der Waals surface area contributed by atoms with E-state index in [-0.39, 0.29) is 30.0 Å². The summed E-state index contributed by atoms with van der Waals surface area (Å²) in [6, 6.07) is 16.3. The molecule has 2 aromatic rings. The molecule has 2 rings (SSSR count). The number of hydrogen-bond acceptors (Lipinski definition) is 4. The molecule has 0 saturated carbocycles. The van der Waals surface area contributed by atoms with E-state index in [0.29, 0.717) is 13.1 Å². The van der Waals surface area contributed by atoms with E-state index >= 15 is 0 Å². The van der Waals surface area contributed by atoms with Crippen LogP contribution in [0.1, 0.15) is 17.2 Å². The number of likely N-dealkylation sites (N-methyl/N-ethyl adjacent to an activating group) is 1. The number of ether oxygens (including phenoxy) is 2. The molecule has 1 N–H and O–H groups in total. The molecule has 0 amide bonds. The van der Waals surface area contributed by atoms with Crippen molar-refractivity contribution in [3.63, 3.8) is 0 Å². The lowest BCUT2D eigenvalue weighted by atomic mass is 10.0. The van der Waals surface area contributed by atoms with Crippen LogP contribution in [0.15, 0.2) is 53.5 Å². The van der Waals surface area contributed by atoms with E-state index in [9.17, 15) is 0 Å². The van der Waals surface area contributed by atoms with Crippen molar-refractivity contribution in [2.75, 3.05) is 49.0 Å². The zero-order valence-electron chi connectivity index (χ0n) is 18.2. The molecule has 7 heteroatoms. The van der Waals surface area contributed by atoms with Gasteiger partial charge >= 0.3 is 0 Å². The van der Waals surface area contributed by atoms with E-state index in [4.69, 9.17) is 9.47 Å². The Labute approximate surface area is 191 Å². The molecule has 6 nitrogen and oxygen atoms in total. The van der Waals surface area contributed by atoms with E-state index in [2.05, 4.69) is 46.3 Å². The van der Waals surface area contributed by atoms with Crippen LogP contribution in [-0.2, 0) is 6.54 Å². The SMILES string of the molecule is CN=C(NCC(c1ccccc1OC)N(C)C)N(C)Cc1ccccc1OC.I. The van der Waals surface area contributed by atoms with E-state index in [1.807, 2.05) is 43.4 Å². The van der Waals surface area contributed by atoms with Gasteiger partial charge in [0.1, 0.15) is 11.5 Å². The quantitative estimate of drug-likeness (QED) is 0.333. The van der Waals surface area contributed by atoms with Gasteiger partial charge in [-0.15, -0.1) is 24.0 Å². The van der Waals surface area contributed by atoms with Crippen LogP contribution in [-0.4, -0.2) is 64.7 Å². The standard InChI is InChI=1S/C22H32N4O2.HI/c1-23-22(26(4)16-17-11-7-9-13-20(17)27-5)24-15-19(25(2)3)18-12-8-10-14-21(18)28-6;/h7-14,19H,15-16H2,1-6H3,(H,23,24);1H. The second-order valence-corrected chi connectivity index (χ2v) is 6.82. The number of guanidine groups is 1. The van der Waals surface area contributed by atoms with Gasteiger partial charge in [0.25, 0.3) is 0 Å². The summed E-state index contributed by atoms with van der Waals surface area (Å²) in [6.07, 6.45) is 0. The lowest BCUT2D eigenvalue weighted by Gasteiger charge is -2.29. The molecule has 0 spiro atoms. The Morgan fingerprint density at radius 1 is 0.966 bits per heavy atom. The maximum Gasteiger partial charge on any atom is 0.193 e. The Morgan fingerprint density at radius 3 is 2.14 bits per heavy atom. The topological polar surface area (TPSA) is 49.3 Å². The summed E-state index contributed by atoms with van der Waals surface area (Å²) in [5.41, 5.74) is 2.26. The van der Waals surface area contributed by atoms with E-state index in [1.165, 1.54) is 0 Å². The molecule has 0 aliphatic carbocycles. The number of para-hydroxylation sites is 2. The minimum Gasteiger partial charge on any atom is -0.496 e. The molecule has 2 aromatic carbocycles. The monoisotopic (exact) mass is 512 g/mol. The molecule has 0 fully saturated rings. The van der Waals surface area contributed by atoms with Crippen LogP contribution in [0.5, 0.6) is 11.5 Å². The highest BCUT2D eigenvalue weighted by Crippen LogP contribution is 2.27. The Balaban J connectivity index is 0.00000420. The minimum absolute atomic E-state index is 0. The van der Waals surface area contributed by atoms with Crippen LogP contribution in [0.25, 0.3) is 0 Å². The van der Waals surface area contributed by atoms with Gasteiger partial charge in [0.15, 0.2) is 5.96 Å². The normalized spacial score (nSPS) is 12.2. The second kappa shape index (κ2) is 12.5. The van der Waals surface area contributed by atoms with Crippen LogP contribution < -0.4 is 14.8 Å². The molecule has 0 aliphatic rings. The summed E-state index contributed by atoms with van der Waals surface area (Å²) in [5.74, 6) is 2.60. The third kappa shape index (κ3) is 6.78. The molecule has 1 unspecified atom stereocenters. The summed E-state index contributed by atoms with van der Waals surface area (Å²) in [5, 5.41) is 3.50. The summed E-state index contributed by atoms with van der Waals surface area (Å²) < 4.78 is 11.0. The van der Waals surface area contributed by atoms with Crippen molar-refractivity contribution in [3.8, 4) is 11.5 Å². The van der Waals surface area contributed by atoms with Crippen molar-refractivity contribution in [1.82, 2.24) is 15.1 Å². The maximum atomic E-state index is 5.55. The van der Waals surface area contributed by atoms with Gasteiger partial charge in [-0.05, 0) is 26.2 Å². The van der Waals surface area contributed by atoms with Gasteiger partial charge in [0.2, 0.25) is 0 Å². The highest BCUT2D eigenvalue weighted by molar-refractivity contribution is 14.0. The average molecular weight is 512 g/mol. The highest BCUT2D eigenvalue weighted by Gasteiger charge is 2.19. The van der Waals surface area contributed by atoms with Gasteiger partial charge in [0, 0.05) is 38.3 Å². The van der Waals surface area contributed by atoms with Gasteiger partial charge < -0.3 is 24.6 Å². The van der Waals surface area contributed by atoms with Crippen LogP contribution in [0, 0.1) is 0 Å². The zero-order valence-corrected chi connectivity index (χ0v) is 20.5. The van der Waals surface area contributed by atoms with Crippen molar-refractivity contribution in [1.29, 1.82) is 0 Å². The molecule has 0 saturated heterocycles. The van der Waals surface area contributed by atoms with Crippen LogP contribution in [0.4, 0.5) is 0 Å². The van der Waals surface area contributed by atoms with Crippen LogP contribution >= 0.6 is 24.0 Å². The van der Waals surface area contributed by atoms with Crippen molar-refractivity contribution in [2.45, 2.75) is 12.6 Å². The summed E-state index contributed by atoms with van der Waals surface area (Å²) in [4.78, 5) is 8.72. The predicted molar refractivity (Wildman–Crippen MR) is 131 cm³/mol. The number of methoxy groups -OCH3 is 2. The van der Waals surface area contributed by atoms with Crippen molar-refractivity contribution >= 4 is 29.9 Å². The third-order valence-electron chi connectivity index (χ3n) is 4.75. The van der Waals surface area contributed by atoms with Gasteiger partial charge in [-0.25, -0.2) is 0 Å². The second-order valence-electron chi connectivity index (χ2n) is 6.82. The number of benzene rings is 2. The van der Waals surface area contributed by atoms with Gasteiger partial charge in [-0.2, -0.15) is 0 Å². The highest BCUT2D eigenvalue weighted by atomic mass is 127. The van der Waals surface area contributed by atoms with Crippen molar-refractivity contribution < 1.29 is 9.47 Å². The summed E-state index contributed by atoms with van der Waals surface area (Å²) in [7, 11) is 11.4. The first-order valence-corrected chi connectivity index (χ1v) is 9.34. The Hall–Kier alpha value is -2.00. The first kappa shape index (κ1) is 25.0. The Morgan fingerprint density at radius 2 is 1.55 bits per heavy atom. The molecule has 29 heavy (non-hydrogen) atoms. The Kier molecular flexibility index (Phi) is 10.8. The number of aliphatic imine (C=N–C) groups is 1. The van der Waals surface area contributed by atoms with Crippen LogP contribution in [0.3, 0.4) is 0 Å².